The third-order valence-corrected chi connectivity index (χ3v) is 1.83. The zero-order valence-electron chi connectivity index (χ0n) is 6.06. The molecule has 0 atom stereocenters. The van der Waals surface area contributed by atoms with Gasteiger partial charge in [-0.05, 0) is 20.3 Å². The molecule has 0 spiro atoms. The van der Waals surface area contributed by atoms with E-state index in [-0.39, 0.29) is 5.12 Å². The van der Waals surface area contributed by atoms with Gasteiger partial charge in [0.25, 0.3) is 0 Å². The van der Waals surface area contributed by atoms with Crippen LogP contribution in [0.2, 0.25) is 0 Å². The standard InChI is InChI=1S/C7H12OS/c1-4-5(2)6(3)7(8)9/h4H2,1-3H3,(H,8,9). The van der Waals surface area contributed by atoms with Crippen molar-refractivity contribution in [3.05, 3.63) is 11.1 Å². The molecule has 0 radical (unpaired) electrons. The monoisotopic (exact) mass is 144 g/mol. The molecule has 0 rings (SSSR count). The van der Waals surface area contributed by atoms with Crippen molar-refractivity contribution in [1.82, 2.24) is 0 Å². The molecular weight excluding hydrogens is 132 g/mol. The molecule has 0 saturated heterocycles. The van der Waals surface area contributed by atoms with Gasteiger partial charge in [0, 0.05) is 5.57 Å². The quantitative estimate of drug-likeness (QED) is 0.464. The minimum Gasteiger partial charge on any atom is -0.282 e. The van der Waals surface area contributed by atoms with Crippen LogP contribution in [0.5, 0.6) is 0 Å². The first-order valence-electron chi connectivity index (χ1n) is 2.99. The van der Waals surface area contributed by atoms with Crippen molar-refractivity contribution in [2.24, 2.45) is 0 Å². The van der Waals surface area contributed by atoms with E-state index in [1.54, 1.807) is 6.92 Å². The Hall–Kier alpha value is -0.240. The third-order valence-electron chi connectivity index (χ3n) is 1.49. The summed E-state index contributed by atoms with van der Waals surface area (Å²) in [4.78, 5) is 10.6. The van der Waals surface area contributed by atoms with Crippen molar-refractivity contribution in [3.63, 3.8) is 0 Å². The van der Waals surface area contributed by atoms with Crippen LogP contribution >= 0.6 is 12.6 Å². The highest BCUT2D eigenvalue weighted by molar-refractivity contribution is 7.97. The maximum absolute atomic E-state index is 10.6. The largest absolute Gasteiger partial charge is 0.282 e. The number of carbonyl (C=O) groups is 1. The molecule has 0 amide bonds. The van der Waals surface area contributed by atoms with Gasteiger partial charge in [0.2, 0.25) is 5.12 Å². The molecule has 0 aliphatic rings. The predicted molar refractivity (Wildman–Crippen MR) is 42.7 cm³/mol. The van der Waals surface area contributed by atoms with Gasteiger partial charge < -0.3 is 0 Å². The molecule has 52 valence electrons. The van der Waals surface area contributed by atoms with Gasteiger partial charge in [0.05, 0.1) is 0 Å². The van der Waals surface area contributed by atoms with Crippen molar-refractivity contribution in [2.45, 2.75) is 27.2 Å². The van der Waals surface area contributed by atoms with E-state index in [0.29, 0.717) is 0 Å². The van der Waals surface area contributed by atoms with Crippen LogP contribution in [0, 0.1) is 0 Å². The van der Waals surface area contributed by atoms with Crippen molar-refractivity contribution < 1.29 is 4.79 Å². The van der Waals surface area contributed by atoms with Crippen LogP contribution in [0.4, 0.5) is 0 Å². The predicted octanol–water partition coefficient (Wildman–Crippen LogP) is 2.19. The van der Waals surface area contributed by atoms with Gasteiger partial charge in [-0.15, -0.1) is 12.6 Å². The second-order valence-electron chi connectivity index (χ2n) is 2.06. The Labute approximate surface area is 61.6 Å². The number of rotatable bonds is 2. The van der Waals surface area contributed by atoms with Gasteiger partial charge in [-0.25, -0.2) is 0 Å². The van der Waals surface area contributed by atoms with Crippen LogP contribution in [0.1, 0.15) is 27.2 Å². The number of hydrogen-bond donors (Lipinski definition) is 1. The smallest absolute Gasteiger partial charge is 0.211 e. The van der Waals surface area contributed by atoms with Crippen LogP contribution in [-0.2, 0) is 4.79 Å². The van der Waals surface area contributed by atoms with Gasteiger partial charge in [0.15, 0.2) is 0 Å². The fourth-order valence-electron chi connectivity index (χ4n) is 0.448. The summed E-state index contributed by atoms with van der Waals surface area (Å²) < 4.78 is 0. The van der Waals surface area contributed by atoms with Gasteiger partial charge in [-0.2, -0.15) is 0 Å². The molecular formula is C7H12OS. The van der Waals surface area contributed by atoms with Gasteiger partial charge in [-0.1, -0.05) is 12.5 Å². The lowest BCUT2D eigenvalue weighted by Gasteiger charge is -1.97. The average Bonchev–Trinajstić information content (AvgIpc) is 1.84. The van der Waals surface area contributed by atoms with E-state index in [1.807, 2.05) is 13.8 Å². The molecule has 0 heterocycles. The van der Waals surface area contributed by atoms with Crippen LogP contribution in [-0.4, -0.2) is 5.12 Å². The van der Waals surface area contributed by atoms with Crippen molar-refractivity contribution in [1.29, 1.82) is 0 Å². The van der Waals surface area contributed by atoms with E-state index in [1.165, 1.54) is 0 Å². The van der Waals surface area contributed by atoms with Crippen molar-refractivity contribution in [2.75, 3.05) is 0 Å². The van der Waals surface area contributed by atoms with Crippen molar-refractivity contribution in [3.8, 4) is 0 Å². The molecule has 2 heteroatoms. The molecule has 0 aromatic rings. The average molecular weight is 144 g/mol. The first-order chi connectivity index (χ1) is 4.09. The summed E-state index contributed by atoms with van der Waals surface area (Å²) in [5.41, 5.74) is 1.90. The van der Waals surface area contributed by atoms with Gasteiger partial charge in [0.1, 0.15) is 0 Å². The molecule has 0 unspecified atom stereocenters. The van der Waals surface area contributed by atoms with Crippen LogP contribution in [0.3, 0.4) is 0 Å². The lowest BCUT2D eigenvalue weighted by atomic mass is 10.1. The van der Waals surface area contributed by atoms with Crippen LogP contribution in [0.15, 0.2) is 11.1 Å². The van der Waals surface area contributed by atoms with Gasteiger partial charge in [-0.3, -0.25) is 4.79 Å². The van der Waals surface area contributed by atoms with E-state index >= 15 is 0 Å². The molecule has 0 bridgehead atoms. The fraction of sp³-hybridized carbons (Fsp3) is 0.571. The maximum Gasteiger partial charge on any atom is 0.211 e. The SMILES string of the molecule is CCC(C)=C(C)C(=O)S. The molecule has 0 saturated carbocycles. The fourth-order valence-corrected chi connectivity index (χ4v) is 0.639. The summed E-state index contributed by atoms with van der Waals surface area (Å²) in [6.07, 6.45) is 0.929. The summed E-state index contributed by atoms with van der Waals surface area (Å²) >= 11 is 3.69. The second kappa shape index (κ2) is 3.72. The number of hydrogen-bond acceptors (Lipinski definition) is 1. The summed E-state index contributed by atoms with van der Waals surface area (Å²) in [5.74, 6) is 0. The number of carbonyl (C=O) groups excluding carboxylic acids is 1. The Bertz CT molecular complexity index is 147. The number of thiol groups is 1. The summed E-state index contributed by atoms with van der Waals surface area (Å²) in [6, 6.07) is 0. The van der Waals surface area contributed by atoms with Crippen molar-refractivity contribution >= 4 is 17.7 Å². The lowest BCUT2D eigenvalue weighted by molar-refractivity contribution is -0.107. The highest BCUT2D eigenvalue weighted by Gasteiger charge is 1.99. The first-order valence-corrected chi connectivity index (χ1v) is 3.44. The zero-order valence-corrected chi connectivity index (χ0v) is 6.96. The Morgan fingerprint density at radius 2 is 1.89 bits per heavy atom. The van der Waals surface area contributed by atoms with E-state index in [2.05, 4.69) is 12.6 Å². The minimum absolute atomic E-state index is 0.116. The lowest BCUT2D eigenvalue weighted by Crippen LogP contribution is -1.91. The topological polar surface area (TPSA) is 17.1 Å². The molecule has 0 aromatic carbocycles. The third kappa shape index (κ3) is 2.70. The number of allylic oxidation sites excluding steroid dienone is 1. The normalized spacial score (nSPS) is 12.9. The summed E-state index contributed by atoms with van der Waals surface area (Å²) in [7, 11) is 0. The zero-order chi connectivity index (χ0) is 7.44. The van der Waals surface area contributed by atoms with E-state index in [4.69, 9.17) is 0 Å². The molecule has 0 fully saturated rings. The molecule has 0 aliphatic carbocycles. The van der Waals surface area contributed by atoms with E-state index in [0.717, 1.165) is 17.6 Å². The van der Waals surface area contributed by atoms with E-state index < -0.39 is 0 Å². The Morgan fingerprint density at radius 1 is 1.44 bits per heavy atom. The Kier molecular flexibility index (Phi) is 3.62. The van der Waals surface area contributed by atoms with Crippen LogP contribution < -0.4 is 0 Å². The van der Waals surface area contributed by atoms with Gasteiger partial charge >= 0.3 is 0 Å². The molecule has 9 heavy (non-hydrogen) atoms. The highest BCUT2D eigenvalue weighted by atomic mass is 32.1. The molecule has 1 nitrogen and oxygen atoms in total. The first kappa shape index (κ1) is 8.76. The maximum atomic E-state index is 10.6. The molecule has 0 N–H and O–H groups in total. The molecule has 0 aromatic heterocycles. The Morgan fingerprint density at radius 3 is 2.00 bits per heavy atom. The summed E-state index contributed by atoms with van der Waals surface area (Å²) in [6.45, 7) is 5.77. The Balaban J connectivity index is 4.28. The van der Waals surface area contributed by atoms with Crippen LogP contribution in [0.25, 0.3) is 0 Å². The minimum atomic E-state index is -0.116. The summed E-state index contributed by atoms with van der Waals surface area (Å²) in [5, 5.41) is -0.116. The van der Waals surface area contributed by atoms with E-state index in [9.17, 15) is 4.79 Å². The second-order valence-corrected chi connectivity index (χ2v) is 2.47. The highest BCUT2D eigenvalue weighted by Crippen LogP contribution is 2.08. The molecule has 0 aliphatic heterocycles.